The maximum absolute atomic E-state index is 5.79. The van der Waals surface area contributed by atoms with Crippen LogP contribution in [0, 0.1) is 0 Å². The summed E-state index contributed by atoms with van der Waals surface area (Å²) in [4.78, 5) is 0. The van der Waals surface area contributed by atoms with Crippen LogP contribution in [0.3, 0.4) is 0 Å². The lowest BCUT2D eigenvalue weighted by Crippen LogP contribution is -2.53. The third kappa shape index (κ3) is 6.28. The van der Waals surface area contributed by atoms with Gasteiger partial charge in [-0.1, -0.05) is 0 Å². The molecule has 0 amide bonds. The standard InChI is InChI=1S/C8H21N3/c1-7(2,10)6-11-8(3,4)5-9/h11H,5-6,9-10H2,1-4H3. The fourth-order valence-corrected chi connectivity index (χ4v) is 0.539. The molecule has 0 atom stereocenters. The summed E-state index contributed by atoms with van der Waals surface area (Å²) in [5, 5.41) is 3.30. The highest BCUT2D eigenvalue weighted by molar-refractivity contribution is 4.84. The van der Waals surface area contributed by atoms with E-state index in [1.807, 2.05) is 13.8 Å². The average Bonchev–Trinajstić information content (AvgIpc) is 1.83. The van der Waals surface area contributed by atoms with E-state index in [0.717, 1.165) is 6.54 Å². The Labute approximate surface area is 69.5 Å². The normalized spacial score (nSPS) is 13.6. The van der Waals surface area contributed by atoms with Gasteiger partial charge in [0, 0.05) is 24.2 Å². The largest absolute Gasteiger partial charge is 0.329 e. The van der Waals surface area contributed by atoms with Gasteiger partial charge in [0.05, 0.1) is 0 Å². The lowest BCUT2D eigenvalue weighted by molar-refractivity contribution is 0.348. The molecule has 0 aliphatic heterocycles. The van der Waals surface area contributed by atoms with E-state index in [0.29, 0.717) is 6.54 Å². The van der Waals surface area contributed by atoms with Gasteiger partial charge in [0.15, 0.2) is 0 Å². The second kappa shape index (κ2) is 3.52. The first-order chi connectivity index (χ1) is 4.77. The molecule has 0 rings (SSSR count). The van der Waals surface area contributed by atoms with E-state index in [2.05, 4.69) is 19.2 Å². The Morgan fingerprint density at radius 1 is 1.18 bits per heavy atom. The fraction of sp³-hybridized carbons (Fsp3) is 1.00. The number of hydrogen-bond donors (Lipinski definition) is 3. The summed E-state index contributed by atoms with van der Waals surface area (Å²) in [7, 11) is 0. The van der Waals surface area contributed by atoms with Gasteiger partial charge in [-0.3, -0.25) is 0 Å². The van der Waals surface area contributed by atoms with Gasteiger partial charge < -0.3 is 16.8 Å². The smallest absolute Gasteiger partial charge is 0.0248 e. The third-order valence-electron chi connectivity index (χ3n) is 1.53. The molecule has 0 radical (unpaired) electrons. The first kappa shape index (κ1) is 10.9. The van der Waals surface area contributed by atoms with Crippen molar-refractivity contribution >= 4 is 0 Å². The van der Waals surface area contributed by atoms with E-state index >= 15 is 0 Å². The summed E-state index contributed by atoms with van der Waals surface area (Å²) < 4.78 is 0. The summed E-state index contributed by atoms with van der Waals surface area (Å²) in [6.07, 6.45) is 0. The number of nitrogens with two attached hydrogens (primary N) is 2. The van der Waals surface area contributed by atoms with Gasteiger partial charge in [0.25, 0.3) is 0 Å². The van der Waals surface area contributed by atoms with Gasteiger partial charge in [0.2, 0.25) is 0 Å². The Morgan fingerprint density at radius 3 is 1.91 bits per heavy atom. The second-order valence-corrected chi connectivity index (χ2v) is 4.43. The molecular weight excluding hydrogens is 138 g/mol. The van der Waals surface area contributed by atoms with Gasteiger partial charge >= 0.3 is 0 Å². The minimum Gasteiger partial charge on any atom is -0.329 e. The molecular formula is C8H21N3. The quantitative estimate of drug-likeness (QED) is 0.543. The summed E-state index contributed by atoms with van der Waals surface area (Å²) in [5.41, 5.74) is 11.2. The fourth-order valence-electron chi connectivity index (χ4n) is 0.539. The molecule has 0 aromatic carbocycles. The minimum absolute atomic E-state index is 0.00333. The lowest BCUT2D eigenvalue weighted by Gasteiger charge is -2.29. The average molecular weight is 159 g/mol. The van der Waals surface area contributed by atoms with Crippen LogP contribution in [0.25, 0.3) is 0 Å². The van der Waals surface area contributed by atoms with Crippen LogP contribution in [-0.4, -0.2) is 24.2 Å². The predicted molar refractivity (Wildman–Crippen MR) is 49.4 cm³/mol. The van der Waals surface area contributed by atoms with Crippen molar-refractivity contribution in [3.8, 4) is 0 Å². The molecule has 0 heterocycles. The van der Waals surface area contributed by atoms with Gasteiger partial charge in [0.1, 0.15) is 0 Å². The van der Waals surface area contributed by atoms with Crippen molar-refractivity contribution in [2.24, 2.45) is 11.5 Å². The maximum Gasteiger partial charge on any atom is 0.0248 e. The van der Waals surface area contributed by atoms with Crippen molar-refractivity contribution in [1.82, 2.24) is 5.32 Å². The highest BCUT2D eigenvalue weighted by Gasteiger charge is 2.18. The molecule has 0 bridgehead atoms. The van der Waals surface area contributed by atoms with Crippen molar-refractivity contribution in [2.75, 3.05) is 13.1 Å². The lowest BCUT2D eigenvalue weighted by atomic mass is 10.0. The molecule has 68 valence electrons. The highest BCUT2D eigenvalue weighted by atomic mass is 15.0. The Morgan fingerprint density at radius 2 is 1.64 bits per heavy atom. The summed E-state index contributed by atoms with van der Waals surface area (Å²) in [6, 6.07) is 0. The van der Waals surface area contributed by atoms with Gasteiger partial charge in [-0.2, -0.15) is 0 Å². The zero-order chi connectivity index (χ0) is 9.12. The summed E-state index contributed by atoms with van der Waals surface area (Å²) in [5.74, 6) is 0. The number of hydrogen-bond acceptors (Lipinski definition) is 3. The van der Waals surface area contributed by atoms with Crippen molar-refractivity contribution in [2.45, 2.75) is 38.8 Å². The molecule has 0 spiro atoms. The van der Waals surface area contributed by atoms with E-state index < -0.39 is 0 Å². The molecule has 3 heteroatoms. The van der Waals surface area contributed by atoms with Gasteiger partial charge in [-0.15, -0.1) is 0 Å². The van der Waals surface area contributed by atoms with Crippen LogP contribution in [0.2, 0.25) is 0 Å². The Kier molecular flexibility index (Phi) is 3.48. The van der Waals surface area contributed by atoms with Crippen LogP contribution in [0.15, 0.2) is 0 Å². The first-order valence-electron chi connectivity index (χ1n) is 4.01. The topological polar surface area (TPSA) is 64.1 Å². The zero-order valence-corrected chi connectivity index (χ0v) is 8.07. The molecule has 0 saturated heterocycles. The van der Waals surface area contributed by atoms with Crippen LogP contribution in [0.5, 0.6) is 0 Å². The zero-order valence-electron chi connectivity index (χ0n) is 8.07. The van der Waals surface area contributed by atoms with Crippen LogP contribution >= 0.6 is 0 Å². The number of nitrogens with one attached hydrogen (secondary N) is 1. The Bertz CT molecular complexity index is 113. The van der Waals surface area contributed by atoms with E-state index in [1.54, 1.807) is 0 Å². The van der Waals surface area contributed by atoms with E-state index in [4.69, 9.17) is 11.5 Å². The molecule has 0 aliphatic rings. The monoisotopic (exact) mass is 159 g/mol. The SMILES string of the molecule is CC(C)(N)CNC(C)(C)CN. The third-order valence-corrected chi connectivity index (χ3v) is 1.53. The molecule has 3 nitrogen and oxygen atoms in total. The Hall–Kier alpha value is -0.120. The highest BCUT2D eigenvalue weighted by Crippen LogP contribution is 2.01. The molecule has 0 saturated carbocycles. The van der Waals surface area contributed by atoms with Crippen molar-refractivity contribution in [1.29, 1.82) is 0 Å². The summed E-state index contributed by atoms with van der Waals surface area (Å²) >= 11 is 0. The predicted octanol–water partition coefficient (Wildman–Crippen LogP) is 0.0506. The van der Waals surface area contributed by atoms with Gasteiger partial charge in [-0.05, 0) is 27.7 Å². The molecule has 11 heavy (non-hydrogen) atoms. The molecule has 0 aliphatic carbocycles. The van der Waals surface area contributed by atoms with E-state index in [1.165, 1.54) is 0 Å². The van der Waals surface area contributed by atoms with Crippen molar-refractivity contribution in [3.63, 3.8) is 0 Å². The van der Waals surface area contributed by atoms with E-state index in [9.17, 15) is 0 Å². The van der Waals surface area contributed by atoms with Crippen molar-refractivity contribution < 1.29 is 0 Å². The van der Waals surface area contributed by atoms with Crippen LogP contribution in [0.4, 0.5) is 0 Å². The minimum atomic E-state index is -0.160. The first-order valence-corrected chi connectivity index (χ1v) is 4.01. The Balaban J connectivity index is 3.70. The molecule has 0 fully saturated rings. The second-order valence-electron chi connectivity index (χ2n) is 4.43. The number of rotatable bonds is 4. The molecule has 0 unspecified atom stereocenters. The van der Waals surface area contributed by atoms with Crippen LogP contribution in [-0.2, 0) is 0 Å². The summed E-state index contributed by atoms with van der Waals surface area (Å²) in [6.45, 7) is 9.54. The van der Waals surface area contributed by atoms with Crippen LogP contribution < -0.4 is 16.8 Å². The van der Waals surface area contributed by atoms with Crippen LogP contribution in [0.1, 0.15) is 27.7 Å². The van der Waals surface area contributed by atoms with E-state index in [-0.39, 0.29) is 11.1 Å². The van der Waals surface area contributed by atoms with Crippen molar-refractivity contribution in [3.05, 3.63) is 0 Å². The molecule has 5 N–H and O–H groups in total. The maximum atomic E-state index is 5.79. The molecule has 0 aromatic heterocycles. The van der Waals surface area contributed by atoms with Gasteiger partial charge in [-0.25, -0.2) is 0 Å². The molecule has 0 aromatic rings.